The van der Waals surface area contributed by atoms with Gasteiger partial charge in [-0.3, -0.25) is 14.4 Å². The number of ketones is 1. The number of carbonyl (C=O) groups is 3. The SMILES string of the molecule is CC(C)C[C@H](NC(=O)[C@@H]1CCCC[C@@H]1NC(=O)c1ccc(CN(C)C)c(F)c1)C(=O)c1nn(CC(C)C)c(=O)o1.Cl. The van der Waals surface area contributed by atoms with Gasteiger partial charge in [0.1, 0.15) is 5.82 Å². The molecule has 1 heterocycles. The van der Waals surface area contributed by atoms with Crippen LogP contribution < -0.4 is 16.4 Å². The zero-order chi connectivity index (χ0) is 29.6. The summed E-state index contributed by atoms with van der Waals surface area (Å²) < 4.78 is 20.8. The molecule has 3 atom stereocenters. The first-order valence-electron chi connectivity index (χ1n) is 14.0. The lowest BCUT2D eigenvalue weighted by atomic mass is 9.83. The van der Waals surface area contributed by atoms with Crippen molar-refractivity contribution < 1.29 is 23.2 Å². The summed E-state index contributed by atoms with van der Waals surface area (Å²) in [6.45, 7) is 8.40. The Balaban J connectivity index is 0.00000588. The van der Waals surface area contributed by atoms with Crippen molar-refractivity contribution in [2.24, 2.45) is 17.8 Å². The highest BCUT2D eigenvalue weighted by Gasteiger charge is 2.36. The van der Waals surface area contributed by atoms with Gasteiger partial charge in [0.25, 0.3) is 11.8 Å². The third kappa shape index (κ3) is 9.49. The normalized spacial score (nSPS) is 17.8. The van der Waals surface area contributed by atoms with Crippen molar-refractivity contribution in [3.8, 4) is 0 Å². The van der Waals surface area contributed by atoms with Crippen molar-refractivity contribution in [2.75, 3.05) is 14.1 Å². The van der Waals surface area contributed by atoms with Crippen molar-refractivity contribution in [3.05, 3.63) is 51.6 Å². The molecule has 0 radical (unpaired) electrons. The molecule has 1 aliphatic rings. The topological polar surface area (TPSA) is 127 Å². The molecule has 10 nitrogen and oxygen atoms in total. The predicted octanol–water partition coefficient (Wildman–Crippen LogP) is 3.82. The number of rotatable bonds is 12. The van der Waals surface area contributed by atoms with Crippen LogP contribution in [0.1, 0.15) is 86.4 Å². The van der Waals surface area contributed by atoms with Gasteiger partial charge < -0.3 is 20.0 Å². The predicted molar refractivity (Wildman–Crippen MR) is 156 cm³/mol. The second kappa shape index (κ2) is 15.3. The van der Waals surface area contributed by atoms with Gasteiger partial charge in [0.05, 0.1) is 18.5 Å². The summed E-state index contributed by atoms with van der Waals surface area (Å²) in [6, 6.07) is 2.99. The first-order valence-corrected chi connectivity index (χ1v) is 14.0. The number of halogens is 2. The van der Waals surface area contributed by atoms with E-state index in [0.717, 1.165) is 17.5 Å². The molecule has 2 N–H and O–H groups in total. The van der Waals surface area contributed by atoms with Crippen molar-refractivity contribution >= 4 is 30.0 Å². The fourth-order valence-electron chi connectivity index (χ4n) is 5.02. The summed E-state index contributed by atoms with van der Waals surface area (Å²) in [7, 11) is 3.67. The number of benzene rings is 1. The van der Waals surface area contributed by atoms with Crippen molar-refractivity contribution in [1.29, 1.82) is 0 Å². The summed E-state index contributed by atoms with van der Waals surface area (Å²) in [5.41, 5.74) is 0.673. The van der Waals surface area contributed by atoms with Crippen LogP contribution in [0.2, 0.25) is 0 Å². The van der Waals surface area contributed by atoms with E-state index in [1.165, 1.54) is 6.07 Å². The Labute approximate surface area is 246 Å². The van der Waals surface area contributed by atoms with E-state index in [0.29, 0.717) is 37.9 Å². The lowest BCUT2D eigenvalue weighted by molar-refractivity contribution is -0.127. The highest BCUT2D eigenvalue weighted by atomic mass is 35.5. The third-order valence-corrected chi connectivity index (χ3v) is 6.92. The highest BCUT2D eigenvalue weighted by molar-refractivity contribution is 5.99. The molecule has 41 heavy (non-hydrogen) atoms. The first-order chi connectivity index (χ1) is 18.8. The molecule has 228 valence electrons. The second-order valence-corrected chi connectivity index (χ2v) is 11.8. The van der Waals surface area contributed by atoms with Gasteiger partial charge in [-0.05, 0) is 57.3 Å². The maximum atomic E-state index is 14.6. The zero-order valence-electron chi connectivity index (χ0n) is 24.7. The molecule has 0 unspecified atom stereocenters. The third-order valence-electron chi connectivity index (χ3n) is 6.92. The number of hydrogen-bond acceptors (Lipinski definition) is 7. The Morgan fingerprint density at radius 1 is 1.12 bits per heavy atom. The molecule has 1 saturated carbocycles. The van der Waals surface area contributed by atoms with Crippen LogP contribution in [0.4, 0.5) is 4.39 Å². The molecule has 2 amide bonds. The molecule has 1 fully saturated rings. The largest absolute Gasteiger partial charge is 0.437 e. The van der Waals surface area contributed by atoms with Gasteiger partial charge in [0, 0.05) is 23.7 Å². The minimum absolute atomic E-state index is 0. The Morgan fingerprint density at radius 3 is 2.41 bits per heavy atom. The molecule has 0 spiro atoms. The molecular formula is C29H43ClFN5O5. The summed E-state index contributed by atoms with van der Waals surface area (Å²) in [5, 5.41) is 9.83. The van der Waals surface area contributed by atoms with Gasteiger partial charge in [-0.25, -0.2) is 9.18 Å². The van der Waals surface area contributed by atoms with Crippen molar-refractivity contribution in [3.63, 3.8) is 0 Å². The first kappa shape index (κ1) is 34.2. The molecule has 1 aromatic carbocycles. The van der Waals surface area contributed by atoms with Crippen molar-refractivity contribution in [1.82, 2.24) is 25.3 Å². The van der Waals surface area contributed by atoms with Gasteiger partial charge in [-0.1, -0.05) is 46.6 Å². The van der Waals surface area contributed by atoms with E-state index in [2.05, 4.69) is 15.7 Å². The number of carbonyl (C=O) groups excluding carboxylic acids is 3. The van der Waals surface area contributed by atoms with E-state index in [-0.39, 0.29) is 41.6 Å². The van der Waals surface area contributed by atoms with Gasteiger partial charge in [-0.15, -0.1) is 17.5 Å². The number of aromatic nitrogens is 2. The van der Waals surface area contributed by atoms with Crippen LogP contribution in [0.25, 0.3) is 0 Å². The van der Waals surface area contributed by atoms with Crippen LogP contribution in [0.5, 0.6) is 0 Å². The van der Waals surface area contributed by atoms with Gasteiger partial charge in [-0.2, -0.15) is 4.68 Å². The molecule has 0 saturated heterocycles. The van der Waals surface area contributed by atoms with Crippen LogP contribution in [0.3, 0.4) is 0 Å². The number of hydrogen-bond donors (Lipinski definition) is 2. The average molecular weight is 596 g/mol. The minimum Gasteiger partial charge on any atom is -0.384 e. The van der Waals surface area contributed by atoms with Crippen molar-refractivity contribution in [2.45, 2.75) is 85.0 Å². The Bertz CT molecular complexity index is 1260. The lowest BCUT2D eigenvalue weighted by Crippen LogP contribution is -2.52. The van der Waals surface area contributed by atoms with Gasteiger partial charge in [0.2, 0.25) is 11.7 Å². The van der Waals surface area contributed by atoms with Crippen LogP contribution in [0, 0.1) is 23.6 Å². The van der Waals surface area contributed by atoms with E-state index in [4.69, 9.17) is 4.42 Å². The lowest BCUT2D eigenvalue weighted by Gasteiger charge is -2.32. The van der Waals surface area contributed by atoms with Crippen LogP contribution in [-0.2, 0) is 17.9 Å². The molecule has 12 heteroatoms. The Kier molecular flexibility index (Phi) is 12.7. The molecule has 1 aromatic heterocycles. The fourth-order valence-corrected chi connectivity index (χ4v) is 5.02. The van der Waals surface area contributed by atoms with Gasteiger partial charge in [0.15, 0.2) is 0 Å². The summed E-state index contributed by atoms with van der Waals surface area (Å²) in [6.07, 6.45) is 3.08. The number of amides is 2. The maximum absolute atomic E-state index is 14.6. The van der Waals surface area contributed by atoms with Crippen LogP contribution >= 0.6 is 12.4 Å². The fraction of sp³-hybridized carbons (Fsp3) is 0.621. The second-order valence-electron chi connectivity index (χ2n) is 11.8. The smallest absolute Gasteiger partial charge is 0.384 e. The number of nitrogens with zero attached hydrogens (tertiary/aromatic N) is 3. The average Bonchev–Trinajstić information content (AvgIpc) is 3.23. The maximum Gasteiger partial charge on any atom is 0.437 e. The van der Waals surface area contributed by atoms with E-state index in [9.17, 15) is 23.6 Å². The van der Waals surface area contributed by atoms with E-state index >= 15 is 0 Å². The zero-order valence-corrected chi connectivity index (χ0v) is 25.6. The Hall–Kier alpha value is -3.05. The summed E-state index contributed by atoms with van der Waals surface area (Å²) >= 11 is 0. The quantitative estimate of drug-likeness (QED) is 0.357. The molecule has 2 aromatic rings. The minimum atomic E-state index is -0.935. The number of Topliss-reactive ketones (excluding diaryl/α,β-unsaturated/α-hetero) is 1. The van der Waals surface area contributed by atoms with Crippen LogP contribution in [0.15, 0.2) is 27.4 Å². The number of nitrogens with one attached hydrogen (secondary N) is 2. The van der Waals surface area contributed by atoms with Gasteiger partial charge >= 0.3 is 5.76 Å². The standard InChI is InChI=1S/C29H42FN5O5.ClH/c1-17(2)13-24(25(36)28-33-35(15-18(3)4)29(39)40-28)32-27(38)21-9-7-8-10-23(21)31-26(37)19-11-12-20(16-34(5)6)22(30)14-19;/h11-12,14,17-18,21,23-24H,7-10,13,15-16H2,1-6H3,(H,31,37)(H,32,38);1H/t21-,23+,24+;/m1./s1. The molecular weight excluding hydrogens is 553 g/mol. The molecule has 3 rings (SSSR count). The molecule has 0 aliphatic heterocycles. The molecule has 0 bridgehead atoms. The van der Waals surface area contributed by atoms with E-state index < -0.39 is 41.3 Å². The van der Waals surface area contributed by atoms with E-state index in [1.807, 2.05) is 46.7 Å². The summed E-state index contributed by atoms with van der Waals surface area (Å²) in [5.74, 6) is -3.26. The Morgan fingerprint density at radius 2 is 1.80 bits per heavy atom. The van der Waals surface area contributed by atoms with Crippen LogP contribution in [-0.4, -0.2) is 58.5 Å². The van der Waals surface area contributed by atoms with E-state index in [1.54, 1.807) is 12.1 Å². The summed E-state index contributed by atoms with van der Waals surface area (Å²) in [4.78, 5) is 53.8. The molecule has 1 aliphatic carbocycles. The highest BCUT2D eigenvalue weighted by Crippen LogP contribution is 2.26. The monoisotopic (exact) mass is 595 g/mol.